The fourth-order valence-corrected chi connectivity index (χ4v) is 2.52. The van der Waals surface area contributed by atoms with E-state index in [1.807, 2.05) is 36.1 Å². The van der Waals surface area contributed by atoms with E-state index in [9.17, 15) is 4.79 Å². The molecule has 0 heterocycles. The number of hydrogen-bond acceptors (Lipinski definition) is 2. The molecule has 112 valence electrons. The van der Waals surface area contributed by atoms with Crippen LogP contribution in [0.15, 0.2) is 24.3 Å². The van der Waals surface area contributed by atoms with Gasteiger partial charge in [-0.05, 0) is 60.8 Å². The Morgan fingerprint density at radius 2 is 1.85 bits per heavy atom. The molecule has 0 aromatic heterocycles. The van der Waals surface area contributed by atoms with Gasteiger partial charge in [-0.25, -0.2) is 4.79 Å². The highest BCUT2D eigenvalue weighted by Crippen LogP contribution is 2.13. The molecule has 0 aliphatic rings. The van der Waals surface area contributed by atoms with E-state index < -0.39 is 0 Å². The summed E-state index contributed by atoms with van der Waals surface area (Å²) in [5, 5.41) is 2.96. The minimum Gasteiger partial charge on any atom is -0.324 e. The summed E-state index contributed by atoms with van der Waals surface area (Å²) in [6.45, 7) is 10.7. The molecule has 0 atom stereocenters. The third-order valence-corrected chi connectivity index (χ3v) is 4.00. The van der Waals surface area contributed by atoms with Crippen LogP contribution in [0.2, 0.25) is 0 Å². The molecule has 0 spiro atoms. The van der Waals surface area contributed by atoms with Gasteiger partial charge in [-0.15, -0.1) is 0 Å². The Labute approximate surface area is 135 Å². The number of nitrogens with zero attached hydrogens (tertiary/aromatic N) is 2. The Hall–Kier alpha value is -0.820. The molecule has 0 radical (unpaired) electrons. The van der Waals surface area contributed by atoms with Crippen LogP contribution in [0.25, 0.3) is 0 Å². The minimum absolute atomic E-state index is 0.0262. The van der Waals surface area contributed by atoms with E-state index in [0.29, 0.717) is 0 Å². The maximum atomic E-state index is 12.2. The molecular weight excluding hydrogens is 365 g/mol. The van der Waals surface area contributed by atoms with Crippen LogP contribution in [0.5, 0.6) is 0 Å². The average Bonchev–Trinajstić information content (AvgIpc) is 2.43. The van der Waals surface area contributed by atoms with Crippen LogP contribution in [0, 0.1) is 3.57 Å². The summed E-state index contributed by atoms with van der Waals surface area (Å²) in [6.07, 6.45) is 0. The molecule has 0 saturated carbocycles. The molecule has 0 bridgehead atoms. The van der Waals surface area contributed by atoms with E-state index in [1.54, 1.807) is 0 Å². The van der Waals surface area contributed by atoms with Crippen LogP contribution < -0.4 is 5.32 Å². The first kappa shape index (κ1) is 17.2. The molecule has 5 heteroatoms. The zero-order valence-corrected chi connectivity index (χ0v) is 14.7. The van der Waals surface area contributed by atoms with Crippen LogP contribution in [0.4, 0.5) is 10.5 Å². The molecule has 0 aliphatic carbocycles. The van der Waals surface area contributed by atoms with Gasteiger partial charge in [0, 0.05) is 28.9 Å². The number of nitrogens with one attached hydrogen (secondary N) is 1. The van der Waals surface area contributed by atoms with Crippen molar-refractivity contribution in [3.05, 3.63) is 27.8 Å². The number of amides is 2. The van der Waals surface area contributed by atoms with Crippen LogP contribution in [-0.4, -0.2) is 48.6 Å². The zero-order valence-electron chi connectivity index (χ0n) is 12.5. The van der Waals surface area contributed by atoms with E-state index in [0.717, 1.165) is 42.0 Å². The van der Waals surface area contributed by atoms with Gasteiger partial charge in [-0.3, -0.25) is 0 Å². The predicted octanol–water partition coefficient (Wildman–Crippen LogP) is 3.49. The highest BCUT2D eigenvalue weighted by Gasteiger charge is 2.12. The standard InChI is InChI=1S/C15H24IN3O/c1-4-18(5-2)10-11-19(6-3)15(20)17-14-9-7-8-13(16)12-14/h7-9,12H,4-6,10-11H2,1-3H3,(H,17,20). The normalized spacial score (nSPS) is 10.7. The van der Waals surface area contributed by atoms with Crippen molar-refractivity contribution in [3.63, 3.8) is 0 Å². The second-order valence-corrected chi connectivity index (χ2v) is 5.79. The van der Waals surface area contributed by atoms with Gasteiger partial charge in [0.25, 0.3) is 0 Å². The van der Waals surface area contributed by atoms with Gasteiger partial charge in [0.05, 0.1) is 0 Å². The molecule has 20 heavy (non-hydrogen) atoms. The van der Waals surface area contributed by atoms with E-state index in [1.165, 1.54) is 0 Å². The Morgan fingerprint density at radius 3 is 2.40 bits per heavy atom. The second kappa shape index (κ2) is 9.18. The molecule has 1 N–H and O–H groups in total. The highest BCUT2D eigenvalue weighted by molar-refractivity contribution is 14.1. The summed E-state index contributed by atoms with van der Waals surface area (Å²) in [4.78, 5) is 16.4. The number of halogens is 1. The van der Waals surface area contributed by atoms with Crippen molar-refractivity contribution in [1.82, 2.24) is 9.80 Å². The number of benzene rings is 1. The Balaban J connectivity index is 2.54. The van der Waals surface area contributed by atoms with E-state index in [-0.39, 0.29) is 6.03 Å². The number of urea groups is 1. The van der Waals surface area contributed by atoms with Gasteiger partial charge in [-0.2, -0.15) is 0 Å². The number of carbonyl (C=O) groups excluding carboxylic acids is 1. The molecule has 4 nitrogen and oxygen atoms in total. The summed E-state index contributed by atoms with van der Waals surface area (Å²) in [6, 6.07) is 7.81. The largest absolute Gasteiger partial charge is 0.324 e. The highest BCUT2D eigenvalue weighted by atomic mass is 127. The lowest BCUT2D eigenvalue weighted by molar-refractivity contribution is 0.200. The van der Waals surface area contributed by atoms with Crippen molar-refractivity contribution in [1.29, 1.82) is 0 Å². The van der Waals surface area contributed by atoms with Crippen LogP contribution in [-0.2, 0) is 0 Å². The third kappa shape index (κ3) is 5.66. The molecule has 0 fully saturated rings. The second-order valence-electron chi connectivity index (χ2n) is 4.55. The van der Waals surface area contributed by atoms with Gasteiger partial charge in [0.1, 0.15) is 0 Å². The Kier molecular flexibility index (Phi) is 7.91. The maximum Gasteiger partial charge on any atom is 0.321 e. The van der Waals surface area contributed by atoms with Crippen molar-refractivity contribution in [3.8, 4) is 0 Å². The molecular formula is C15H24IN3O. The first-order valence-corrected chi connectivity index (χ1v) is 8.22. The third-order valence-electron chi connectivity index (χ3n) is 3.33. The molecule has 0 unspecified atom stereocenters. The van der Waals surface area contributed by atoms with Crippen LogP contribution in [0.3, 0.4) is 0 Å². The van der Waals surface area contributed by atoms with Crippen molar-refractivity contribution >= 4 is 34.3 Å². The van der Waals surface area contributed by atoms with Gasteiger partial charge < -0.3 is 15.1 Å². The fourth-order valence-electron chi connectivity index (χ4n) is 1.97. The van der Waals surface area contributed by atoms with Crippen molar-refractivity contribution in [2.75, 3.05) is 38.0 Å². The topological polar surface area (TPSA) is 35.6 Å². The number of carbonyl (C=O) groups is 1. The Bertz CT molecular complexity index is 421. The molecule has 0 aliphatic heterocycles. The Morgan fingerprint density at radius 1 is 1.15 bits per heavy atom. The lowest BCUT2D eigenvalue weighted by Crippen LogP contribution is -2.40. The van der Waals surface area contributed by atoms with Crippen LogP contribution in [0.1, 0.15) is 20.8 Å². The number of hydrogen-bond donors (Lipinski definition) is 1. The number of anilines is 1. The SMILES string of the molecule is CCN(CC)CCN(CC)C(=O)Nc1cccc(I)c1. The monoisotopic (exact) mass is 389 g/mol. The van der Waals surface area contributed by atoms with Gasteiger partial charge >= 0.3 is 6.03 Å². The smallest absolute Gasteiger partial charge is 0.321 e. The minimum atomic E-state index is -0.0262. The molecule has 2 amide bonds. The quantitative estimate of drug-likeness (QED) is 0.725. The van der Waals surface area contributed by atoms with Gasteiger partial charge in [-0.1, -0.05) is 19.9 Å². The van der Waals surface area contributed by atoms with Crippen molar-refractivity contribution in [2.45, 2.75) is 20.8 Å². The first-order chi connectivity index (χ1) is 9.60. The number of rotatable bonds is 7. The van der Waals surface area contributed by atoms with E-state index in [2.05, 4.69) is 46.7 Å². The number of likely N-dealkylation sites (N-methyl/N-ethyl adjacent to an activating group) is 2. The fraction of sp³-hybridized carbons (Fsp3) is 0.533. The summed E-state index contributed by atoms with van der Waals surface area (Å²) >= 11 is 2.24. The molecule has 1 aromatic carbocycles. The molecule has 0 saturated heterocycles. The lowest BCUT2D eigenvalue weighted by Gasteiger charge is -2.25. The van der Waals surface area contributed by atoms with Gasteiger partial charge in [0.15, 0.2) is 0 Å². The summed E-state index contributed by atoms with van der Waals surface area (Å²) in [5.74, 6) is 0. The molecule has 1 rings (SSSR count). The van der Waals surface area contributed by atoms with Crippen molar-refractivity contribution in [2.24, 2.45) is 0 Å². The van der Waals surface area contributed by atoms with Crippen molar-refractivity contribution < 1.29 is 4.79 Å². The van der Waals surface area contributed by atoms with E-state index in [4.69, 9.17) is 0 Å². The summed E-state index contributed by atoms with van der Waals surface area (Å²) in [7, 11) is 0. The summed E-state index contributed by atoms with van der Waals surface area (Å²) in [5.41, 5.74) is 0.850. The van der Waals surface area contributed by atoms with Crippen LogP contribution >= 0.6 is 22.6 Å². The zero-order chi connectivity index (χ0) is 15.0. The predicted molar refractivity (Wildman–Crippen MR) is 93.2 cm³/mol. The first-order valence-electron chi connectivity index (χ1n) is 7.14. The molecule has 1 aromatic rings. The lowest BCUT2D eigenvalue weighted by atomic mass is 10.3. The maximum absolute atomic E-state index is 12.2. The van der Waals surface area contributed by atoms with Gasteiger partial charge in [0.2, 0.25) is 0 Å². The average molecular weight is 389 g/mol. The van der Waals surface area contributed by atoms with E-state index >= 15 is 0 Å². The summed E-state index contributed by atoms with van der Waals surface area (Å²) < 4.78 is 1.12.